The van der Waals surface area contributed by atoms with Gasteiger partial charge in [-0.3, -0.25) is 14.7 Å². The number of rotatable bonds is 6. The number of carbonyl (C=O) groups is 1. The summed E-state index contributed by atoms with van der Waals surface area (Å²) in [6, 6.07) is 17.6. The molecule has 2 aromatic heterocycles. The number of ether oxygens (including phenoxy) is 1. The van der Waals surface area contributed by atoms with Gasteiger partial charge in [-0.05, 0) is 55.3 Å². The van der Waals surface area contributed by atoms with E-state index in [9.17, 15) is 4.79 Å². The molecule has 29 heavy (non-hydrogen) atoms. The Labute approximate surface area is 173 Å². The first-order chi connectivity index (χ1) is 14.1. The first-order valence-electron chi connectivity index (χ1n) is 9.34. The second-order valence-electron chi connectivity index (χ2n) is 6.91. The molecule has 6 heteroatoms. The van der Waals surface area contributed by atoms with E-state index in [0.29, 0.717) is 17.4 Å². The normalized spacial score (nSPS) is 10.8. The van der Waals surface area contributed by atoms with Gasteiger partial charge in [0, 0.05) is 12.4 Å². The number of aryl methyl sites for hydroxylation is 2. The summed E-state index contributed by atoms with van der Waals surface area (Å²) >= 11 is 1.51. The molecule has 0 fully saturated rings. The van der Waals surface area contributed by atoms with Gasteiger partial charge < -0.3 is 4.74 Å². The second kappa shape index (κ2) is 8.41. The molecule has 1 amide bonds. The molecule has 0 bridgehead atoms. The van der Waals surface area contributed by atoms with Crippen LogP contribution in [0.25, 0.3) is 10.2 Å². The molecule has 4 rings (SSSR count). The lowest BCUT2D eigenvalue weighted by Crippen LogP contribution is -2.34. The van der Waals surface area contributed by atoms with Crippen molar-refractivity contribution in [1.29, 1.82) is 0 Å². The Morgan fingerprint density at radius 2 is 1.86 bits per heavy atom. The Hall–Kier alpha value is -3.25. The monoisotopic (exact) mass is 403 g/mol. The zero-order chi connectivity index (χ0) is 20.2. The molecular weight excluding hydrogens is 382 g/mol. The van der Waals surface area contributed by atoms with E-state index in [1.165, 1.54) is 16.9 Å². The minimum absolute atomic E-state index is 0.0573. The number of anilines is 1. The number of carbonyl (C=O) groups excluding carboxylic acids is 1. The number of aromatic nitrogens is 2. The SMILES string of the molecule is Cc1ccc(OCC(=O)N(Cc2cccnc2)c2nc3ccc(C)cc3s2)cc1. The smallest absolute Gasteiger partial charge is 0.267 e. The van der Waals surface area contributed by atoms with Gasteiger partial charge in [0.05, 0.1) is 16.8 Å². The predicted molar refractivity (Wildman–Crippen MR) is 116 cm³/mol. The summed E-state index contributed by atoms with van der Waals surface area (Å²) in [4.78, 5) is 23.6. The van der Waals surface area contributed by atoms with Crippen LogP contribution in [0.2, 0.25) is 0 Å². The molecule has 146 valence electrons. The second-order valence-corrected chi connectivity index (χ2v) is 7.92. The zero-order valence-corrected chi connectivity index (χ0v) is 17.1. The van der Waals surface area contributed by atoms with Crippen LogP contribution in [0.4, 0.5) is 5.13 Å². The molecule has 2 aromatic carbocycles. The van der Waals surface area contributed by atoms with E-state index in [1.54, 1.807) is 17.3 Å². The van der Waals surface area contributed by atoms with Gasteiger partial charge in [0.25, 0.3) is 5.91 Å². The molecule has 0 aliphatic carbocycles. The summed E-state index contributed by atoms with van der Waals surface area (Å²) < 4.78 is 6.78. The van der Waals surface area contributed by atoms with Crippen molar-refractivity contribution in [2.75, 3.05) is 11.5 Å². The third kappa shape index (κ3) is 4.60. The summed E-state index contributed by atoms with van der Waals surface area (Å²) in [5.74, 6) is 0.524. The highest BCUT2D eigenvalue weighted by Crippen LogP contribution is 2.30. The molecule has 0 N–H and O–H groups in total. The topological polar surface area (TPSA) is 55.3 Å². The van der Waals surface area contributed by atoms with Crippen molar-refractivity contribution in [2.45, 2.75) is 20.4 Å². The Kier molecular flexibility index (Phi) is 5.53. The van der Waals surface area contributed by atoms with Crippen LogP contribution in [-0.4, -0.2) is 22.5 Å². The number of thiazole rings is 1. The molecule has 0 aliphatic rings. The largest absolute Gasteiger partial charge is 0.484 e. The van der Waals surface area contributed by atoms with Crippen LogP contribution >= 0.6 is 11.3 Å². The molecule has 0 atom stereocenters. The minimum atomic E-state index is -0.148. The van der Waals surface area contributed by atoms with E-state index in [4.69, 9.17) is 4.74 Å². The van der Waals surface area contributed by atoms with Gasteiger partial charge in [-0.1, -0.05) is 41.2 Å². The highest BCUT2D eigenvalue weighted by Gasteiger charge is 2.21. The lowest BCUT2D eigenvalue weighted by atomic mass is 10.2. The van der Waals surface area contributed by atoms with Gasteiger partial charge in [0.15, 0.2) is 11.7 Å². The van der Waals surface area contributed by atoms with E-state index in [0.717, 1.165) is 21.3 Å². The van der Waals surface area contributed by atoms with Gasteiger partial charge >= 0.3 is 0 Å². The van der Waals surface area contributed by atoms with Crippen molar-refractivity contribution in [3.63, 3.8) is 0 Å². The fourth-order valence-corrected chi connectivity index (χ4v) is 4.01. The number of amides is 1. The van der Waals surface area contributed by atoms with Crippen LogP contribution in [-0.2, 0) is 11.3 Å². The standard InChI is InChI=1S/C23H21N3O2S/c1-16-5-8-19(9-6-16)28-15-22(27)26(14-18-4-3-11-24-13-18)23-25-20-10-7-17(2)12-21(20)29-23/h3-13H,14-15H2,1-2H3. The van der Waals surface area contributed by atoms with E-state index in [-0.39, 0.29) is 12.5 Å². The minimum Gasteiger partial charge on any atom is -0.484 e. The van der Waals surface area contributed by atoms with E-state index in [2.05, 4.69) is 16.0 Å². The number of hydrogen-bond donors (Lipinski definition) is 0. The average molecular weight is 404 g/mol. The van der Waals surface area contributed by atoms with Crippen molar-refractivity contribution < 1.29 is 9.53 Å². The first kappa shape index (κ1) is 19.1. The van der Waals surface area contributed by atoms with E-state index >= 15 is 0 Å². The number of nitrogens with zero attached hydrogens (tertiary/aromatic N) is 3. The van der Waals surface area contributed by atoms with Gasteiger partial charge in [-0.15, -0.1) is 0 Å². The lowest BCUT2D eigenvalue weighted by Gasteiger charge is -2.20. The Morgan fingerprint density at radius 1 is 1.07 bits per heavy atom. The van der Waals surface area contributed by atoms with Gasteiger partial charge in [0.2, 0.25) is 0 Å². The molecule has 0 unspecified atom stereocenters. The van der Waals surface area contributed by atoms with Crippen LogP contribution in [0.3, 0.4) is 0 Å². The number of fused-ring (bicyclic) bond motifs is 1. The van der Waals surface area contributed by atoms with Crippen LogP contribution in [0.1, 0.15) is 16.7 Å². The third-order valence-electron chi connectivity index (χ3n) is 4.51. The highest BCUT2D eigenvalue weighted by molar-refractivity contribution is 7.22. The third-order valence-corrected chi connectivity index (χ3v) is 5.55. The van der Waals surface area contributed by atoms with E-state index < -0.39 is 0 Å². The quantitative estimate of drug-likeness (QED) is 0.458. The summed E-state index contributed by atoms with van der Waals surface area (Å²) in [5, 5.41) is 0.659. The number of benzene rings is 2. The van der Waals surface area contributed by atoms with Crippen LogP contribution in [0.5, 0.6) is 5.75 Å². The molecule has 0 saturated heterocycles. The summed E-state index contributed by atoms with van der Waals surface area (Å²) in [6.07, 6.45) is 3.48. The Bertz CT molecular complexity index is 1120. The molecule has 4 aromatic rings. The fourth-order valence-electron chi connectivity index (χ4n) is 2.93. The van der Waals surface area contributed by atoms with Crippen molar-refractivity contribution in [3.8, 4) is 5.75 Å². The molecule has 0 spiro atoms. The predicted octanol–water partition coefficient (Wildman–Crippen LogP) is 4.92. The number of pyridine rings is 1. The molecule has 0 saturated carbocycles. The summed E-state index contributed by atoms with van der Waals surface area (Å²) in [5.41, 5.74) is 4.14. The van der Waals surface area contributed by atoms with Crippen molar-refractivity contribution in [3.05, 3.63) is 83.7 Å². The zero-order valence-electron chi connectivity index (χ0n) is 16.3. The molecule has 0 radical (unpaired) electrons. The maximum Gasteiger partial charge on any atom is 0.267 e. The maximum absolute atomic E-state index is 13.1. The Balaban J connectivity index is 1.59. The van der Waals surface area contributed by atoms with Crippen molar-refractivity contribution >= 4 is 32.6 Å². The van der Waals surface area contributed by atoms with Gasteiger partial charge in [0.1, 0.15) is 5.75 Å². The molecule has 2 heterocycles. The van der Waals surface area contributed by atoms with Crippen molar-refractivity contribution in [2.24, 2.45) is 0 Å². The van der Waals surface area contributed by atoms with Crippen LogP contribution < -0.4 is 9.64 Å². The highest BCUT2D eigenvalue weighted by atomic mass is 32.1. The first-order valence-corrected chi connectivity index (χ1v) is 10.2. The van der Waals surface area contributed by atoms with E-state index in [1.807, 2.05) is 62.4 Å². The molecule has 0 aliphatic heterocycles. The van der Waals surface area contributed by atoms with Crippen molar-refractivity contribution in [1.82, 2.24) is 9.97 Å². The fraction of sp³-hybridized carbons (Fsp3) is 0.174. The molecular formula is C23H21N3O2S. The maximum atomic E-state index is 13.1. The Morgan fingerprint density at radius 3 is 2.62 bits per heavy atom. The summed E-state index contributed by atoms with van der Waals surface area (Å²) in [7, 11) is 0. The average Bonchev–Trinajstić information content (AvgIpc) is 3.15. The van der Waals surface area contributed by atoms with Crippen LogP contribution in [0, 0.1) is 13.8 Å². The molecule has 5 nitrogen and oxygen atoms in total. The number of hydrogen-bond acceptors (Lipinski definition) is 5. The van der Waals surface area contributed by atoms with Gasteiger partial charge in [-0.2, -0.15) is 0 Å². The lowest BCUT2D eigenvalue weighted by molar-refractivity contribution is -0.120. The summed E-state index contributed by atoms with van der Waals surface area (Å²) in [6.45, 7) is 4.40. The van der Waals surface area contributed by atoms with Crippen LogP contribution in [0.15, 0.2) is 67.0 Å². The van der Waals surface area contributed by atoms with Gasteiger partial charge in [-0.25, -0.2) is 4.98 Å².